The van der Waals surface area contributed by atoms with E-state index in [2.05, 4.69) is 4.98 Å². The van der Waals surface area contributed by atoms with Crippen molar-refractivity contribution in [2.24, 2.45) is 17.8 Å². The van der Waals surface area contributed by atoms with Crippen LogP contribution in [0.2, 0.25) is 0 Å². The summed E-state index contributed by atoms with van der Waals surface area (Å²) < 4.78 is 5.69. The molecule has 0 radical (unpaired) electrons. The number of β-lactam (4-membered cyclic amide) rings is 1. The Bertz CT molecular complexity index is 1230. The number of nitrogens with two attached hydrogens (primary N) is 1. The number of benzene rings is 1. The fourth-order valence-corrected chi connectivity index (χ4v) is 5.33. The number of carboxylic acids is 1. The van der Waals surface area contributed by atoms with Gasteiger partial charge in [-0.2, -0.15) is 0 Å². The number of carbonyl (C=O) groups excluding carboxylic acids is 3. The van der Waals surface area contributed by atoms with Crippen molar-refractivity contribution in [3.63, 3.8) is 0 Å². The first-order chi connectivity index (χ1) is 18.0. The molecule has 0 unspecified atom stereocenters. The first kappa shape index (κ1) is 27.2. The van der Waals surface area contributed by atoms with E-state index in [0.29, 0.717) is 5.82 Å². The summed E-state index contributed by atoms with van der Waals surface area (Å²) in [5.41, 5.74) is 6.70. The number of amides is 4. The lowest BCUT2D eigenvalue weighted by Crippen LogP contribution is -2.70. The van der Waals surface area contributed by atoms with Gasteiger partial charge in [0.25, 0.3) is 0 Å². The molecule has 4 amide bonds. The van der Waals surface area contributed by atoms with Crippen molar-refractivity contribution in [2.45, 2.75) is 46.3 Å². The molecule has 11 nitrogen and oxygen atoms in total. The number of piperazine rings is 1. The Morgan fingerprint density at radius 2 is 1.68 bits per heavy atom. The summed E-state index contributed by atoms with van der Waals surface area (Å²) in [7, 11) is 0. The van der Waals surface area contributed by atoms with Crippen molar-refractivity contribution in [3.05, 3.63) is 36.0 Å². The number of hydrogen-bond acceptors (Lipinski definition) is 7. The zero-order chi connectivity index (χ0) is 27.7. The van der Waals surface area contributed by atoms with E-state index >= 15 is 0 Å². The molecule has 1 aromatic carbocycles. The van der Waals surface area contributed by atoms with Gasteiger partial charge in [0, 0.05) is 37.8 Å². The van der Waals surface area contributed by atoms with Crippen molar-refractivity contribution in [3.8, 4) is 0 Å². The molecule has 0 bridgehead atoms. The molecule has 2 aliphatic heterocycles. The van der Waals surface area contributed by atoms with Crippen LogP contribution in [0.5, 0.6) is 0 Å². The Balaban J connectivity index is 1.38. The Kier molecular flexibility index (Phi) is 7.75. The molecule has 0 saturated carbocycles. The number of imide groups is 1. The smallest absolute Gasteiger partial charge is 0.410 e. The largest absolute Gasteiger partial charge is 0.480 e. The number of aliphatic carboxylic acids is 1. The highest BCUT2D eigenvalue weighted by atomic mass is 16.6. The standard InChI is InChI=1S/C27H35N5O6/c1-15(2)22(16(3)4)38-27(37)31-11-9-30(10-12-31)26(36)32-21(25(34)35)20(24(32)33)14-17-5-6-18-7-8-29-23(28)19(18)13-17/h5-8,13,15-16,20-22H,9-12,14H2,1-4H3,(H2,28,29)(H,34,35)/t20-,21+/m1/s1. The average molecular weight is 526 g/mol. The van der Waals surface area contributed by atoms with Crippen LogP contribution in [0.1, 0.15) is 33.3 Å². The van der Waals surface area contributed by atoms with Gasteiger partial charge in [-0.05, 0) is 41.3 Å². The highest BCUT2D eigenvalue weighted by Gasteiger charge is 2.55. The molecule has 2 atom stereocenters. The van der Waals surface area contributed by atoms with Crippen LogP contribution < -0.4 is 5.73 Å². The van der Waals surface area contributed by atoms with Crippen LogP contribution in [-0.2, 0) is 20.7 Å². The van der Waals surface area contributed by atoms with Crippen molar-refractivity contribution in [1.82, 2.24) is 19.7 Å². The first-order valence-corrected chi connectivity index (χ1v) is 12.9. The van der Waals surface area contributed by atoms with Crippen LogP contribution in [0.25, 0.3) is 10.8 Å². The minimum atomic E-state index is -1.27. The molecule has 0 spiro atoms. The van der Waals surface area contributed by atoms with Gasteiger partial charge in [0.15, 0.2) is 6.04 Å². The lowest BCUT2D eigenvalue weighted by Gasteiger charge is -2.46. The molecule has 2 aliphatic rings. The Labute approximate surface area is 221 Å². The number of pyridine rings is 1. The van der Waals surface area contributed by atoms with E-state index in [1.807, 2.05) is 45.9 Å². The highest BCUT2D eigenvalue weighted by molar-refractivity contribution is 6.07. The zero-order valence-corrected chi connectivity index (χ0v) is 22.2. The van der Waals surface area contributed by atoms with Crippen molar-refractivity contribution >= 4 is 40.6 Å². The number of carbonyl (C=O) groups is 4. The number of urea groups is 1. The minimum absolute atomic E-state index is 0.163. The summed E-state index contributed by atoms with van der Waals surface area (Å²) in [4.78, 5) is 58.8. The van der Waals surface area contributed by atoms with E-state index in [0.717, 1.165) is 21.2 Å². The molecule has 0 aliphatic carbocycles. The summed E-state index contributed by atoms with van der Waals surface area (Å²) >= 11 is 0. The Hall–Kier alpha value is -3.89. The fraction of sp³-hybridized carbons (Fsp3) is 0.519. The van der Waals surface area contributed by atoms with Crippen LogP contribution >= 0.6 is 0 Å². The lowest BCUT2D eigenvalue weighted by molar-refractivity contribution is -0.166. The van der Waals surface area contributed by atoms with Gasteiger partial charge in [0.1, 0.15) is 11.9 Å². The molecule has 38 heavy (non-hydrogen) atoms. The minimum Gasteiger partial charge on any atom is -0.480 e. The van der Waals surface area contributed by atoms with Crippen LogP contribution in [0.15, 0.2) is 30.5 Å². The maximum Gasteiger partial charge on any atom is 0.410 e. The zero-order valence-electron chi connectivity index (χ0n) is 22.2. The van der Waals surface area contributed by atoms with E-state index in [1.165, 1.54) is 9.80 Å². The maximum atomic E-state index is 13.2. The van der Waals surface area contributed by atoms with Crippen molar-refractivity contribution < 1.29 is 29.0 Å². The first-order valence-electron chi connectivity index (χ1n) is 12.9. The van der Waals surface area contributed by atoms with Gasteiger partial charge >= 0.3 is 18.1 Å². The van der Waals surface area contributed by atoms with E-state index in [1.54, 1.807) is 12.3 Å². The molecule has 4 rings (SSSR count). The molecule has 1 aromatic heterocycles. The summed E-state index contributed by atoms with van der Waals surface area (Å²) in [5, 5.41) is 11.5. The second kappa shape index (κ2) is 10.8. The SMILES string of the molecule is CC(C)C(OC(=O)N1CCN(C(=O)N2C(=O)[C@H](Cc3ccc4ccnc(N)c4c3)[C@H]2C(=O)O)CC1)C(C)C. The molecule has 2 saturated heterocycles. The number of carboxylic acid groups (broad SMARTS) is 1. The number of nitrogens with zero attached hydrogens (tertiary/aromatic N) is 4. The number of rotatable bonds is 6. The quantitative estimate of drug-likeness (QED) is 0.548. The molecule has 2 aromatic rings. The normalized spacial score (nSPS) is 19.9. The second-order valence-electron chi connectivity index (χ2n) is 10.6. The molecule has 3 heterocycles. The molecular formula is C27H35N5O6. The number of aromatic nitrogens is 1. The number of nitrogen functional groups attached to an aromatic ring is 1. The van der Waals surface area contributed by atoms with Crippen LogP contribution in [0.3, 0.4) is 0 Å². The predicted molar refractivity (Wildman–Crippen MR) is 140 cm³/mol. The number of anilines is 1. The summed E-state index contributed by atoms with van der Waals surface area (Å²) in [6.45, 7) is 8.83. The molecule has 204 valence electrons. The number of likely N-dealkylation sites (tertiary alicyclic amines) is 1. The average Bonchev–Trinajstić information content (AvgIpc) is 2.88. The predicted octanol–water partition coefficient (Wildman–Crippen LogP) is 2.83. The van der Waals surface area contributed by atoms with Crippen LogP contribution in [0.4, 0.5) is 15.4 Å². The number of hydrogen-bond donors (Lipinski definition) is 2. The van der Waals surface area contributed by atoms with Crippen LogP contribution in [0, 0.1) is 17.8 Å². The third kappa shape index (κ3) is 5.23. The summed E-state index contributed by atoms with van der Waals surface area (Å²) in [6, 6.07) is 5.37. The van der Waals surface area contributed by atoms with E-state index < -0.39 is 36.0 Å². The molecular weight excluding hydrogens is 490 g/mol. The second-order valence-corrected chi connectivity index (χ2v) is 10.6. The maximum absolute atomic E-state index is 13.2. The summed E-state index contributed by atoms with van der Waals surface area (Å²) in [5.74, 6) is -1.94. The van der Waals surface area contributed by atoms with Gasteiger partial charge in [0.2, 0.25) is 5.91 Å². The number of fused-ring (bicyclic) bond motifs is 1. The molecule has 11 heteroatoms. The highest BCUT2D eigenvalue weighted by Crippen LogP contribution is 2.33. The van der Waals surface area contributed by atoms with Gasteiger partial charge in [-0.15, -0.1) is 0 Å². The third-order valence-corrected chi connectivity index (χ3v) is 7.35. The topological polar surface area (TPSA) is 146 Å². The Morgan fingerprint density at radius 3 is 2.29 bits per heavy atom. The van der Waals surface area contributed by atoms with Gasteiger partial charge in [-0.1, -0.05) is 39.8 Å². The molecule has 3 N–H and O–H groups in total. The van der Waals surface area contributed by atoms with Crippen molar-refractivity contribution in [2.75, 3.05) is 31.9 Å². The van der Waals surface area contributed by atoms with Gasteiger partial charge in [-0.3, -0.25) is 4.79 Å². The van der Waals surface area contributed by atoms with E-state index in [4.69, 9.17) is 10.5 Å². The van der Waals surface area contributed by atoms with Crippen LogP contribution in [-0.4, -0.2) is 87.1 Å². The number of ether oxygens (including phenoxy) is 1. The van der Waals surface area contributed by atoms with Gasteiger partial charge in [-0.25, -0.2) is 24.3 Å². The fourth-order valence-electron chi connectivity index (χ4n) is 5.33. The molecule has 2 fully saturated rings. The third-order valence-electron chi connectivity index (χ3n) is 7.35. The van der Waals surface area contributed by atoms with Gasteiger partial charge < -0.3 is 25.4 Å². The van der Waals surface area contributed by atoms with Gasteiger partial charge in [0.05, 0.1) is 5.92 Å². The van der Waals surface area contributed by atoms with Crippen molar-refractivity contribution in [1.29, 1.82) is 0 Å². The monoisotopic (exact) mass is 525 g/mol. The van der Waals surface area contributed by atoms with E-state index in [-0.39, 0.29) is 50.5 Å². The summed E-state index contributed by atoms with van der Waals surface area (Å²) in [6.07, 6.45) is 1.12. The Morgan fingerprint density at radius 1 is 1.05 bits per heavy atom. The lowest BCUT2D eigenvalue weighted by atomic mass is 9.82. The van der Waals surface area contributed by atoms with E-state index in [9.17, 15) is 24.3 Å².